The van der Waals surface area contributed by atoms with Crippen LogP contribution in [-0.2, 0) is 9.84 Å². The molecule has 2 aliphatic heterocycles. The third kappa shape index (κ3) is 3.14. The van der Waals surface area contributed by atoms with Crippen molar-refractivity contribution in [2.24, 2.45) is 11.8 Å². The number of ether oxygens (including phenoxy) is 2. The average Bonchev–Trinajstić information content (AvgIpc) is 2.68. The molecular weight excluding hydrogens is 292 g/mol. The van der Waals surface area contributed by atoms with Crippen molar-refractivity contribution in [1.82, 2.24) is 5.43 Å². The van der Waals surface area contributed by atoms with Gasteiger partial charge in [-0.1, -0.05) is 6.07 Å². The van der Waals surface area contributed by atoms with Crippen LogP contribution in [0.25, 0.3) is 0 Å². The summed E-state index contributed by atoms with van der Waals surface area (Å²) >= 11 is 0. The molecule has 2 atom stereocenters. The maximum Gasteiger partial charge on any atom is 0.161 e. The van der Waals surface area contributed by atoms with Crippen LogP contribution < -0.4 is 20.7 Å². The fourth-order valence-corrected chi connectivity index (χ4v) is 4.80. The highest BCUT2D eigenvalue weighted by Gasteiger charge is 2.34. The van der Waals surface area contributed by atoms with Gasteiger partial charge in [-0.15, -0.1) is 0 Å². The molecule has 6 nitrogen and oxygen atoms in total. The summed E-state index contributed by atoms with van der Waals surface area (Å²) in [5.74, 6) is 7.50. The molecule has 21 heavy (non-hydrogen) atoms. The monoisotopic (exact) mass is 312 g/mol. The zero-order valence-electron chi connectivity index (χ0n) is 11.7. The van der Waals surface area contributed by atoms with Crippen molar-refractivity contribution in [3.8, 4) is 11.5 Å². The molecule has 3 rings (SSSR count). The van der Waals surface area contributed by atoms with E-state index in [4.69, 9.17) is 15.3 Å². The summed E-state index contributed by atoms with van der Waals surface area (Å²) < 4.78 is 34.6. The lowest BCUT2D eigenvalue weighted by atomic mass is 9.93. The molecule has 116 valence electrons. The lowest BCUT2D eigenvalue weighted by molar-refractivity contribution is 0.296. The van der Waals surface area contributed by atoms with Gasteiger partial charge in [0.2, 0.25) is 0 Å². The third-order valence-electron chi connectivity index (χ3n) is 4.05. The molecule has 0 radical (unpaired) electrons. The molecule has 2 aliphatic rings. The highest BCUT2D eigenvalue weighted by molar-refractivity contribution is 7.91. The van der Waals surface area contributed by atoms with E-state index >= 15 is 0 Å². The summed E-state index contributed by atoms with van der Waals surface area (Å²) in [7, 11) is -2.93. The van der Waals surface area contributed by atoms with Crippen LogP contribution in [0.2, 0.25) is 0 Å². The quantitative estimate of drug-likeness (QED) is 0.633. The summed E-state index contributed by atoms with van der Waals surface area (Å²) in [6.45, 7) is 1.26. The Kier molecular flexibility index (Phi) is 4.05. The summed E-state index contributed by atoms with van der Waals surface area (Å²) in [6.07, 6.45) is 1.48. The molecule has 7 heteroatoms. The Morgan fingerprint density at radius 1 is 1.24 bits per heavy atom. The number of fused-ring (bicyclic) bond motifs is 1. The Morgan fingerprint density at radius 3 is 2.67 bits per heavy atom. The highest BCUT2D eigenvalue weighted by Crippen LogP contribution is 2.36. The van der Waals surface area contributed by atoms with Crippen LogP contribution in [0.4, 0.5) is 0 Å². The molecule has 0 amide bonds. The Hall–Kier alpha value is -1.31. The summed E-state index contributed by atoms with van der Waals surface area (Å²) in [5, 5.41) is 0. The van der Waals surface area contributed by atoms with E-state index in [0.29, 0.717) is 25.4 Å². The Labute approximate surface area is 124 Å². The number of benzene rings is 1. The standard InChI is InChI=1S/C14H20N2O4S/c15-16-14(11-4-7-21(17,18)9-11)10-2-3-12-13(8-10)20-6-1-5-19-12/h2-3,8,11,14,16H,1,4-7,9,15H2. The van der Waals surface area contributed by atoms with Crippen molar-refractivity contribution >= 4 is 9.84 Å². The second kappa shape index (κ2) is 5.82. The second-order valence-electron chi connectivity index (χ2n) is 5.56. The Morgan fingerprint density at radius 2 is 2.00 bits per heavy atom. The number of hydrogen-bond donors (Lipinski definition) is 2. The number of hydrazine groups is 1. The van der Waals surface area contributed by atoms with Crippen molar-refractivity contribution < 1.29 is 17.9 Å². The van der Waals surface area contributed by atoms with E-state index in [2.05, 4.69) is 5.43 Å². The molecule has 1 aromatic rings. The largest absolute Gasteiger partial charge is 0.490 e. The van der Waals surface area contributed by atoms with Gasteiger partial charge >= 0.3 is 0 Å². The van der Waals surface area contributed by atoms with Crippen LogP contribution in [0.1, 0.15) is 24.4 Å². The van der Waals surface area contributed by atoms with Crippen molar-refractivity contribution in [2.75, 3.05) is 24.7 Å². The minimum absolute atomic E-state index is 0.00949. The van der Waals surface area contributed by atoms with Gasteiger partial charge in [-0.3, -0.25) is 11.3 Å². The van der Waals surface area contributed by atoms with Crippen molar-refractivity contribution in [3.05, 3.63) is 23.8 Å². The first-order valence-electron chi connectivity index (χ1n) is 7.15. The molecule has 3 N–H and O–H groups in total. The number of hydrogen-bond acceptors (Lipinski definition) is 6. The fraction of sp³-hybridized carbons (Fsp3) is 0.571. The summed E-state index contributed by atoms with van der Waals surface area (Å²) in [5.41, 5.74) is 3.69. The van der Waals surface area contributed by atoms with E-state index in [9.17, 15) is 8.42 Å². The minimum Gasteiger partial charge on any atom is -0.490 e. The van der Waals surface area contributed by atoms with Gasteiger partial charge in [0.15, 0.2) is 21.3 Å². The Bertz CT molecular complexity index is 617. The first kappa shape index (κ1) is 14.6. The molecule has 0 saturated carbocycles. The molecular formula is C14H20N2O4S. The second-order valence-corrected chi connectivity index (χ2v) is 7.79. The smallest absolute Gasteiger partial charge is 0.161 e. The fourth-order valence-electron chi connectivity index (χ4n) is 2.96. The minimum atomic E-state index is -2.93. The van der Waals surface area contributed by atoms with Gasteiger partial charge in [0, 0.05) is 12.5 Å². The van der Waals surface area contributed by atoms with Crippen LogP contribution in [0, 0.1) is 5.92 Å². The predicted molar refractivity (Wildman–Crippen MR) is 78.9 cm³/mol. The maximum absolute atomic E-state index is 11.7. The molecule has 1 saturated heterocycles. The lowest BCUT2D eigenvalue weighted by Crippen LogP contribution is -2.34. The molecule has 0 aliphatic carbocycles. The summed E-state index contributed by atoms with van der Waals surface area (Å²) in [4.78, 5) is 0. The van der Waals surface area contributed by atoms with Crippen LogP contribution in [0.15, 0.2) is 18.2 Å². The first-order chi connectivity index (χ1) is 10.1. The third-order valence-corrected chi connectivity index (χ3v) is 5.84. The molecule has 2 unspecified atom stereocenters. The number of sulfone groups is 1. The molecule has 0 spiro atoms. The molecule has 0 bridgehead atoms. The van der Waals surface area contributed by atoms with Crippen LogP contribution in [0.5, 0.6) is 11.5 Å². The van der Waals surface area contributed by atoms with E-state index in [1.54, 1.807) is 0 Å². The van der Waals surface area contributed by atoms with Crippen molar-refractivity contribution in [3.63, 3.8) is 0 Å². The molecule has 0 aromatic heterocycles. The number of nitrogens with one attached hydrogen (secondary N) is 1. The lowest BCUT2D eigenvalue weighted by Gasteiger charge is -2.23. The van der Waals surface area contributed by atoms with E-state index in [1.165, 1.54) is 0 Å². The van der Waals surface area contributed by atoms with Crippen LogP contribution in [-0.4, -0.2) is 33.1 Å². The average molecular weight is 312 g/mol. The first-order valence-corrected chi connectivity index (χ1v) is 8.97. The predicted octanol–water partition coefficient (Wildman–Crippen LogP) is 0.787. The molecule has 2 heterocycles. The highest BCUT2D eigenvalue weighted by atomic mass is 32.2. The van der Waals surface area contributed by atoms with E-state index in [-0.39, 0.29) is 23.5 Å². The van der Waals surface area contributed by atoms with E-state index < -0.39 is 9.84 Å². The molecule has 1 aromatic carbocycles. The summed E-state index contributed by atoms with van der Waals surface area (Å²) in [6, 6.07) is 5.49. The zero-order valence-corrected chi connectivity index (χ0v) is 12.6. The van der Waals surface area contributed by atoms with E-state index in [1.807, 2.05) is 18.2 Å². The topological polar surface area (TPSA) is 90.7 Å². The normalized spacial score (nSPS) is 25.3. The van der Waals surface area contributed by atoms with Gasteiger partial charge in [0.1, 0.15) is 0 Å². The van der Waals surface area contributed by atoms with Gasteiger partial charge in [0.05, 0.1) is 24.7 Å². The van der Waals surface area contributed by atoms with Gasteiger partial charge in [-0.25, -0.2) is 8.42 Å². The molecule has 1 fully saturated rings. The zero-order chi connectivity index (χ0) is 14.9. The SMILES string of the molecule is NNC(c1ccc2c(c1)OCCCO2)C1CCS(=O)(=O)C1. The van der Waals surface area contributed by atoms with Gasteiger partial charge in [0.25, 0.3) is 0 Å². The van der Waals surface area contributed by atoms with Gasteiger partial charge < -0.3 is 9.47 Å². The van der Waals surface area contributed by atoms with Crippen molar-refractivity contribution in [2.45, 2.75) is 18.9 Å². The van der Waals surface area contributed by atoms with Gasteiger partial charge in [-0.2, -0.15) is 0 Å². The van der Waals surface area contributed by atoms with E-state index in [0.717, 1.165) is 17.7 Å². The van der Waals surface area contributed by atoms with Crippen molar-refractivity contribution in [1.29, 1.82) is 0 Å². The number of nitrogens with two attached hydrogens (primary N) is 1. The number of rotatable bonds is 3. The Balaban J connectivity index is 1.86. The van der Waals surface area contributed by atoms with Gasteiger partial charge in [-0.05, 0) is 30.0 Å². The maximum atomic E-state index is 11.7. The van der Waals surface area contributed by atoms with Crippen LogP contribution in [0.3, 0.4) is 0 Å². The van der Waals surface area contributed by atoms with Crippen LogP contribution >= 0.6 is 0 Å².